The molecule has 1 amide bonds. The molecule has 24 heavy (non-hydrogen) atoms. The summed E-state index contributed by atoms with van der Waals surface area (Å²) in [6, 6.07) is 3.18. The summed E-state index contributed by atoms with van der Waals surface area (Å²) in [7, 11) is 0. The molecule has 2 saturated heterocycles. The smallest absolute Gasteiger partial charge is 0.262 e. The summed E-state index contributed by atoms with van der Waals surface area (Å²) in [5.74, 6) is -2.75. The molecule has 0 unspecified atom stereocenters. The third kappa shape index (κ3) is 3.42. The Morgan fingerprint density at radius 2 is 2.21 bits per heavy atom. The van der Waals surface area contributed by atoms with E-state index >= 15 is 0 Å². The van der Waals surface area contributed by atoms with Gasteiger partial charge in [-0.1, -0.05) is 0 Å². The van der Waals surface area contributed by atoms with Crippen molar-refractivity contribution in [3.8, 4) is 0 Å². The van der Waals surface area contributed by atoms with Crippen LogP contribution in [0.2, 0.25) is 0 Å². The molecule has 0 N–H and O–H groups in total. The number of hydrogen-bond donors (Lipinski definition) is 0. The lowest BCUT2D eigenvalue weighted by molar-refractivity contribution is -0.0148. The van der Waals surface area contributed by atoms with Crippen molar-refractivity contribution in [1.82, 2.24) is 14.8 Å². The summed E-state index contributed by atoms with van der Waals surface area (Å²) in [6.07, 6.45) is 1.48. The zero-order valence-electron chi connectivity index (χ0n) is 14.0. The van der Waals surface area contributed by atoms with E-state index in [4.69, 9.17) is 4.74 Å². The summed E-state index contributed by atoms with van der Waals surface area (Å²) in [5.41, 5.74) is 1.27. The summed E-state index contributed by atoms with van der Waals surface area (Å²) >= 11 is 0. The second-order valence-corrected chi connectivity index (χ2v) is 6.55. The highest BCUT2D eigenvalue weighted by Gasteiger charge is 2.50. The lowest BCUT2D eigenvalue weighted by Gasteiger charge is -2.46. The molecular weight excluding hydrogens is 316 g/mol. The van der Waals surface area contributed by atoms with Crippen LogP contribution in [-0.2, 0) is 4.74 Å². The van der Waals surface area contributed by atoms with Gasteiger partial charge in [-0.2, -0.15) is 0 Å². The average Bonchev–Trinajstić information content (AvgIpc) is 2.78. The fourth-order valence-corrected chi connectivity index (χ4v) is 3.47. The highest BCUT2D eigenvalue weighted by Crippen LogP contribution is 2.35. The van der Waals surface area contributed by atoms with Crippen molar-refractivity contribution in [3.05, 3.63) is 29.6 Å². The monoisotopic (exact) mass is 339 g/mol. The molecule has 2 aliphatic rings. The normalized spacial score (nSPS) is 24.2. The van der Waals surface area contributed by atoms with E-state index in [0.29, 0.717) is 37.6 Å². The first kappa shape index (κ1) is 17.2. The highest BCUT2D eigenvalue weighted by molar-refractivity contribution is 5.95. The van der Waals surface area contributed by atoms with Crippen molar-refractivity contribution >= 4 is 5.91 Å². The van der Waals surface area contributed by atoms with Crippen LogP contribution in [0.25, 0.3) is 0 Å². The van der Waals surface area contributed by atoms with Gasteiger partial charge in [-0.15, -0.1) is 0 Å². The second-order valence-electron chi connectivity index (χ2n) is 6.55. The maximum absolute atomic E-state index is 13.8. The third-order valence-electron chi connectivity index (χ3n) is 4.79. The van der Waals surface area contributed by atoms with Crippen molar-refractivity contribution in [2.45, 2.75) is 38.3 Å². The van der Waals surface area contributed by atoms with Crippen LogP contribution in [-0.4, -0.2) is 71.5 Å². The molecule has 1 aromatic heterocycles. The number of carbonyl (C=O) groups is 1. The SMILES string of the molecule is CCOC[C@@H]1CC(F)(F)CN1C1CN(C(=O)c2cccnc2C)C1. The summed E-state index contributed by atoms with van der Waals surface area (Å²) in [5, 5.41) is 0. The number of aryl methyl sites for hydroxylation is 1. The van der Waals surface area contributed by atoms with Crippen LogP contribution in [0.1, 0.15) is 29.4 Å². The second kappa shape index (κ2) is 6.72. The van der Waals surface area contributed by atoms with Crippen LogP contribution in [0.4, 0.5) is 8.78 Å². The first-order chi connectivity index (χ1) is 11.4. The summed E-state index contributed by atoms with van der Waals surface area (Å²) < 4.78 is 32.9. The summed E-state index contributed by atoms with van der Waals surface area (Å²) in [6.45, 7) is 5.20. The topological polar surface area (TPSA) is 45.7 Å². The predicted molar refractivity (Wildman–Crippen MR) is 85.2 cm³/mol. The van der Waals surface area contributed by atoms with Gasteiger partial charge in [0, 0.05) is 50.1 Å². The van der Waals surface area contributed by atoms with Crippen molar-refractivity contribution in [3.63, 3.8) is 0 Å². The van der Waals surface area contributed by atoms with E-state index in [1.807, 2.05) is 11.8 Å². The molecule has 2 aliphatic heterocycles. The molecule has 7 heteroatoms. The maximum atomic E-state index is 13.8. The number of nitrogens with zero attached hydrogens (tertiary/aromatic N) is 3. The van der Waals surface area contributed by atoms with E-state index in [9.17, 15) is 13.6 Å². The van der Waals surface area contributed by atoms with E-state index < -0.39 is 5.92 Å². The minimum atomic E-state index is -2.67. The molecule has 0 aromatic carbocycles. The number of aromatic nitrogens is 1. The van der Waals surface area contributed by atoms with Gasteiger partial charge in [0.2, 0.25) is 0 Å². The van der Waals surface area contributed by atoms with E-state index in [2.05, 4.69) is 4.98 Å². The van der Waals surface area contributed by atoms with Crippen molar-refractivity contribution in [2.24, 2.45) is 0 Å². The van der Waals surface area contributed by atoms with E-state index in [1.165, 1.54) is 0 Å². The van der Waals surface area contributed by atoms with Crippen LogP contribution in [0, 0.1) is 6.92 Å². The molecule has 1 aromatic rings. The van der Waals surface area contributed by atoms with Crippen LogP contribution >= 0.6 is 0 Å². The van der Waals surface area contributed by atoms with Crippen LogP contribution in [0.15, 0.2) is 18.3 Å². The zero-order chi connectivity index (χ0) is 17.3. The van der Waals surface area contributed by atoms with Crippen LogP contribution < -0.4 is 0 Å². The Kier molecular flexibility index (Phi) is 4.83. The molecule has 2 fully saturated rings. The van der Waals surface area contributed by atoms with Gasteiger partial charge in [-0.25, -0.2) is 8.78 Å². The fraction of sp³-hybridized carbons (Fsp3) is 0.647. The molecule has 0 saturated carbocycles. The maximum Gasteiger partial charge on any atom is 0.262 e. The van der Waals surface area contributed by atoms with Gasteiger partial charge in [-0.3, -0.25) is 14.7 Å². The minimum absolute atomic E-state index is 0.0234. The summed E-state index contributed by atoms with van der Waals surface area (Å²) in [4.78, 5) is 20.1. The molecule has 3 rings (SSSR count). The molecule has 5 nitrogen and oxygen atoms in total. The molecule has 0 spiro atoms. The van der Waals surface area contributed by atoms with Gasteiger partial charge in [0.05, 0.1) is 18.7 Å². The highest BCUT2D eigenvalue weighted by atomic mass is 19.3. The van der Waals surface area contributed by atoms with Crippen LogP contribution in [0.3, 0.4) is 0 Å². The van der Waals surface area contributed by atoms with Gasteiger partial charge in [0.1, 0.15) is 0 Å². The number of pyridine rings is 1. The van der Waals surface area contributed by atoms with Gasteiger partial charge in [-0.05, 0) is 26.0 Å². The Morgan fingerprint density at radius 3 is 2.88 bits per heavy atom. The number of carbonyl (C=O) groups excluding carboxylic acids is 1. The van der Waals surface area contributed by atoms with Crippen molar-refractivity contribution in [2.75, 3.05) is 32.8 Å². The molecular formula is C17H23F2N3O2. The minimum Gasteiger partial charge on any atom is -0.380 e. The number of hydrogen-bond acceptors (Lipinski definition) is 4. The lowest BCUT2D eigenvalue weighted by Crippen LogP contribution is -2.62. The Morgan fingerprint density at radius 1 is 1.46 bits per heavy atom. The van der Waals surface area contributed by atoms with Gasteiger partial charge in [0.25, 0.3) is 11.8 Å². The Balaban J connectivity index is 1.61. The van der Waals surface area contributed by atoms with Crippen LogP contribution in [0.5, 0.6) is 0 Å². The molecule has 0 bridgehead atoms. The molecule has 0 aliphatic carbocycles. The molecule has 1 atom stereocenters. The first-order valence-electron chi connectivity index (χ1n) is 8.33. The Hall–Kier alpha value is -1.60. The first-order valence-corrected chi connectivity index (χ1v) is 8.33. The predicted octanol–water partition coefficient (Wildman–Crippen LogP) is 1.96. The lowest BCUT2D eigenvalue weighted by atomic mass is 10.0. The average molecular weight is 339 g/mol. The number of ether oxygens (including phenoxy) is 1. The van der Waals surface area contributed by atoms with E-state index in [-0.39, 0.29) is 31.0 Å². The number of rotatable bonds is 5. The molecule has 132 valence electrons. The number of likely N-dealkylation sites (tertiary alicyclic amines) is 2. The number of alkyl halides is 2. The number of halogens is 2. The van der Waals surface area contributed by atoms with Gasteiger partial charge in [0.15, 0.2) is 0 Å². The largest absolute Gasteiger partial charge is 0.380 e. The van der Waals surface area contributed by atoms with E-state index in [0.717, 1.165) is 0 Å². The standard InChI is InChI=1S/C17H23F2N3O2/c1-3-24-10-13-7-17(18,19)11-22(13)14-8-21(9-14)16(23)15-5-4-6-20-12(15)2/h4-6,13-14H,3,7-11H2,1-2H3/t13-/m0/s1. The Labute approximate surface area is 140 Å². The van der Waals surface area contributed by atoms with Gasteiger partial charge < -0.3 is 9.64 Å². The zero-order valence-corrected chi connectivity index (χ0v) is 14.0. The Bertz CT molecular complexity index is 605. The molecule has 0 radical (unpaired) electrons. The van der Waals surface area contributed by atoms with E-state index in [1.54, 1.807) is 30.2 Å². The fourth-order valence-electron chi connectivity index (χ4n) is 3.47. The quantitative estimate of drug-likeness (QED) is 0.823. The van der Waals surface area contributed by atoms with Crippen molar-refractivity contribution in [1.29, 1.82) is 0 Å². The van der Waals surface area contributed by atoms with Gasteiger partial charge >= 0.3 is 0 Å². The molecule has 3 heterocycles. The number of amides is 1. The van der Waals surface area contributed by atoms with Crippen molar-refractivity contribution < 1.29 is 18.3 Å². The third-order valence-corrected chi connectivity index (χ3v) is 4.79.